The zero-order chi connectivity index (χ0) is 13.5. The van der Waals surface area contributed by atoms with Gasteiger partial charge in [0, 0.05) is 37.3 Å². The highest BCUT2D eigenvalue weighted by atomic mass is 16.5. The molecule has 0 radical (unpaired) electrons. The first-order chi connectivity index (χ1) is 9.33. The van der Waals surface area contributed by atoms with Gasteiger partial charge in [0.25, 0.3) is 0 Å². The van der Waals surface area contributed by atoms with Crippen molar-refractivity contribution < 1.29 is 4.74 Å². The molecule has 0 spiro atoms. The van der Waals surface area contributed by atoms with E-state index in [-0.39, 0.29) is 0 Å². The van der Waals surface area contributed by atoms with E-state index in [1.54, 1.807) is 0 Å². The third kappa shape index (κ3) is 4.13. The number of ether oxygens (including phenoxy) is 1. The van der Waals surface area contributed by atoms with E-state index in [2.05, 4.69) is 48.3 Å². The molecule has 2 rings (SSSR count). The van der Waals surface area contributed by atoms with E-state index in [1.165, 1.54) is 18.5 Å². The van der Waals surface area contributed by atoms with Crippen LogP contribution >= 0.6 is 0 Å². The molecule has 19 heavy (non-hydrogen) atoms. The number of hydrogen-bond donors (Lipinski definition) is 1. The van der Waals surface area contributed by atoms with Crippen molar-refractivity contribution in [3.8, 4) is 5.75 Å². The van der Waals surface area contributed by atoms with Crippen molar-refractivity contribution >= 4 is 5.69 Å². The summed E-state index contributed by atoms with van der Waals surface area (Å²) >= 11 is 0. The molecule has 1 saturated heterocycles. The normalized spacial score (nSPS) is 19.2. The highest BCUT2D eigenvalue weighted by molar-refractivity contribution is 5.50. The van der Waals surface area contributed by atoms with Gasteiger partial charge >= 0.3 is 0 Å². The Bertz CT molecular complexity index is 371. The van der Waals surface area contributed by atoms with Gasteiger partial charge in [-0.25, -0.2) is 0 Å². The van der Waals surface area contributed by atoms with Gasteiger partial charge in [-0.05, 0) is 45.4 Å². The van der Waals surface area contributed by atoms with Crippen LogP contribution in [-0.4, -0.2) is 32.8 Å². The van der Waals surface area contributed by atoms with E-state index in [0.717, 1.165) is 38.5 Å². The number of nitrogens with one attached hydrogen (secondary N) is 1. The van der Waals surface area contributed by atoms with Crippen molar-refractivity contribution in [1.82, 2.24) is 5.32 Å². The summed E-state index contributed by atoms with van der Waals surface area (Å²) in [5.41, 5.74) is 1.25. The third-order valence-electron chi connectivity index (χ3n) is 3.83. The average molecular weight is 262 g/mol. The first-order valence-corrected chi connectivity index (χ1v) is 7.52. The summed E-state index contributed by atoms with van der Waals surface area (Å²) < 4.78 is 5.96. The van der Waals surface area contributed by atoms with Crippen LogP contribution in [0.4, 0.5) is 5.69 Å². The second-order valence-corrected chi connectivity index (χ2v) is 5.19. The summed E-state index contributed by atoms with van der Waals surface area (Å²) in [5.74, 6) is 1.65. The SMILES string of the molecule is CCN(CC)c1cccc(OC[C@H]2CCCNC2)c1. The summed E-state index contributed by atoms with van der Waals surface area (Å²) in [4.78, 5) is 2.34. The summed E-state index contributed by atoms with van der Waals surface area (Å²) in [6.07, 6.45) is 2.55. The Kier molecular flexibility index (Phi) is 5.52. The van der Waals surface area contributed by atoms with Gasteiger partial charge < -0.3 is 15.0 Å². The highest BCUT2D eigenvalue weighted by Crippen LogP contribution is 2.22. The summed E-state index contributed by atoms with van der Waals surface area (Å²) in [7, 11) is 0. The molecule has 0 amide bonds. The maximum absolute atomic E-state index is 5.96. The topological polar surface area (TPSA) is 24.5 Å². The highest BCUT2D eigenvalue weighted by Gasteiger charge is 2.13. The lowest BCUT2D eigenvalue weighted by molar-refractivity contribution is 0.218. The molecule has 1 aromatic rings. The van der Waals surface area contributed by atoms with Crippen LogP contribution in [-0.2, 0) is 0 Å². The maximum atomic E-state index is 5.96. The molecule has 1 fully saturated rings. The van der Waals surface area contributed by atoms with Crippen molar-refractivity contribution in [2.45, 2.75) is 26.7 Å². The number of anilines is 1. The molecular formula is C16H26N2O. The minimum absolute atomic E-state index is 0.658. The van der Waals surface area contributed by atoms with Gasteiger partial charge in [-0.15, -0.1) is 0 Å². The van der Waals surface area contributed by atoms with Crippen LogP contribution in [0.3, 0.4) is 0 Å². The Morgan fingerprint density at radius 2 is 2.16 bits per heavy atom. The van der Waals surface area contributed by atoms with Gasteiger partial charge in [0.2, 0.25) is 0 Å². The Morgan fingerprint density at radius 1 is 1.32 bits per heavy atom. The van der Waals surface area contributed by atoms with E-state index >= 15 is 0 Å². The minimum Gasteiger partial charge on any atom is -0.493 e. The molecule has 0 aliphatic carbocycles. The molecule has 0 bridgehead atoms. The Labute approximate surface area is 116 Å². The molecule has 1 aromatic carbocycles. The Balaban J connectivity index is 1.90. The molecule has 106 valence electrons. The molecule has 3 nitrogen and oxygen atoms in total. The van der Waals surface area contributed by atoms with Crippen LogP contribution in [0.1, 0.15) is 26.7 Å². The summed E-state index contributed by atoms with van der Waals surface area (Å²) in [6, 6.07) is 8.46. The minimum atomic E-state index is 0.658. The van der Waals surface area contributed by atoms with E-state index in [0.29, 0.717) is 5.92 Å². The van der Waals surface area contributed by atoms with Crippen LogP contribution in [0.25, 0.3) is 0 Å². The van der Waals surface area contributed by atoms with E-state index in [1.807, 2.05) is 0 Å². The quantitative estimate of drug-likeness (QED) is 0.853. The third-order valence-corrected chi connectivity index (χ3v) is 3.83. The molecule has 1 heterocycles. The van der Waals surface area contributed by atoms with Gasteiger partial charge in [-0.3, -0.25) is 0 Å². The molecule has 1 atom stereocenters. The first kappa shape index (κ1) is 14.2. The zero-order valence-corrected chi connectivity index (χ0v) is 12.2. The van der Waals surface area contributed by atoms with Crippen LogP contribution in [0.15, 0.2) is 24.3 Å². The fourth-order valence-corrected chi connectivity index (χ4v) is 2.64. The molecule has 1 aliphatic rings. The van der Waals surface area contributed by atoms with Gasteiger partial charge in [0.15, 0.2) is 0 Å². The summed E-state index contributed by atoms with van der Waals surface area (Å²) in [5, 5.41) is 3.43. The molecular weight excluding hydrogens is 236 g/mol. The maximum Gasteiger partial charge on any atom is 0.121 e. The van der Waals surface area contributed by atoms with Gasteiger partial charge in [-0.1, -0.05) is 6.07 Å². The molecule has 0 saturated carbocycles. The second kappa shape index (κ2) is 7.39. The fourth-order valence-electron chi connectivity index (χ4n) is 2.64. The number of piperidine rings is 1. The molecule has 1 N–H and O–H groups in total. The lowest BCUT2D eigenvalue weighted by Gasteiger charge is -2.24. The van der Waals surface area contributed by atoms with Crippen LogP contribution in [0.5, 0.6) is 5.75 Å². The zero-order valence-electron chi connectivity index (χ0n) is 12.2. The number of hydrogen-bond acceptors (Lipinski definition) is 3. The average Bonchev–Trinajstić information content (AvgIpc) is 2.48. The monoisotopic (exact) mass is 262 g/mol. The first-order valence-electron chi connectivity index (χ1n) is 7.52. The van der Waals surface area contributed by atoms with E-state index in [9.17, 15) is 0 Å². The Hall–Kier alpha value is -1.22. The molecule has 3 heteroatoms. The van der Waals surface area contributed by atoms with Crippen LogP contribution in [0.2, 0.25) is 0 Å². The number of benzene rings is 1. The number of nitrogens with zero attached hydrogens (tertiary/aromatic N) is 1. The summed E-state index contributed by atoms with van der Waals surface area (Å²) in [6.45, 7) is 9.52. The smallest absolute Gasteiger partial charge is 0.121 e. The van der Waals surface area contributed by atoms with E-state index in [4.69, 9.17) is 4.74 Å². The van der Waals surface area contributed by atoms with Gasteiger partial charge in [0.1, 0.15) is 5.75 Å². The van der Waals surface area contributed by atoms with Crippen LogP contribution < -0.4 is 15.0 Å². The van der Waals surface area contributed by atoms with Gasteiger partial charge in [0.05, 0.1) is 6.61 Å². The number of rotatable bonds is 6. The Morgan fingerprint density at radius 3 is 2.84 bits per heavy atom. The fraction of sp³-hybridized carbons (Fsp3) is 0.625. The van der Waals surface area contributed by atoms with Gasteiger partial charge in [-0.2, -0.15) is 0 Å². The lowest BCUT2D eigenvalue weighted by atomic mass is 10.0. The van der Waals surface area contributed by atoms with Crippen LogP contribution in [0, 0.1) is 5.92 Å². The molecule has 1 aliphatic heterocycles. The predicted molar refractivity (Wildman–Crippen MR) is 81.1 cm³/mol. The van der Waals surface area contributed by atoms with Crippen molar-refractivity contribution in [2.24, 2.45) is 5.92 Å². The standard InChI is InChI=1S/C16H26N2O/c1-3-18(4-2)15-8-5-9-16(11-15)19-13-14-7-6-10-17-12-14/h5,8-9,11,14,17H,3-4,6-7,10,12-13H2,1-2H3/t14-/m0/s1. The predicted octanol–water partition coefficient (Wildman–Crippen LogP) is 2.91. The molecule has 0 unspecified atom stereocenters. The lowest BCUT2D eigenvalue weighted by Crippen LogP contribution is -2.33. The van der Waals surface area contributed by atoms with Crippen molar-refractivity contribution in [1.29, 1.82) is 0 Å². The molecule has 0 aromatic heterocycles. The largest absolute Gasteiger partial charge is 0.493 e. The van der Waals surface area contributed by atoms with Crippen molar-refractivity contribution in [2.75, 3.05) is 37.7 Å². The van der Waals surface area contributed by atoms with Crippen molar-refractivity contribution in [3.05, 3.63) is 24.3 Å². The second-order valence-electron chi connectivity index (χ2n) is 5.19. The van der Waals surface area contributed by atoms with E-state index < -0.39 is 0 Å². The van der Waals surface area contributed by atoms with Crippen molar-refractivity contribution in [3.63, 3.8) is 0 Å².